The molecular formula is C21H21ClN6O3. The van der Waals surface area contributed by atoms with E-state index in [9.17, 15) is 5.26 Å². The predicted molar refractivity (Wildman–Crippen MR) is 112 cm³/mol. The first kappa shape index (κ1) is 21.1. The lowest BCUT2D eigenvalue weighted by Crippen LogP contribution is -2.38. The molecule has 0 aromatic carbocycles. The minimum absolute atomic E-state index is 0.0367. The number of rotatable bonds is 7. The summed E-state index contributed by atoms with van der Waals surface area (Å²) in [5.41, 5.74) is 3.10. The minimum Gasteiger partial charge on any atom is -0.481 e. The van der Waals surface area contributed by atoms with Gasteiger partial charge >= 0.3 is 0 Å². The number of aromatic nitrogens is 2. The average Bonchev–Trinajstić information content (AvgIpc) is 2.75. The van der Waals surface area contributed by atoms with Crippen LogP contribution in [0.15, 0.2) is 12.1 Å². The highest BCUT2D eigenvalue weighted by atomic mass is 35.5. The van der Waals surface area contributed by atoms with Gasteiger partial charge in [-0.15, -0.1) is 0 Å². The number of hydrogen-bond acceptors (Lipinski definition) is 9. The number of fused-ring (bicyclic) bond motifs is 1. The first-order valence-corrected chi connectivity index (χ1v) is 10.2. The van der Waals surface area contributed by atoms with E-state index in [0.717, 1.165) is 23.2 Å². The Morgan fingerprint density at radius 2 is 2.13 bits per heavy atom. The highest BCUT2D eigenvalue weighted by Crippen LogP contribution is 2.33. The van der Waals surface area contributed by atoms with Crippen LogP contribution in [0, 0.1) is 22.7 Å². The van der Waals surface area contributed by atoms with Gasteiger partial charge in [0.2, 0.25) is 11.8 Å². The second-order valence-electron chi connectivity index (χ2n) is 7.26. The molecule has 1 fully saturated rings. The molecule has 0 unspecified atom stereocenters. The average molecular weight is 441 g/mol. The smallest absolute Gasteiger partial charge is 0.220 e. The van der Waals surface area contributed by atoms with Crippen molar-refractivity contribution in [3.8, 4) is 23.9 Å². The number of anilines is 1. The Bertz CT molecular complexity index is 1060. The van der Waals surface area contributed by atoms with E-state index >= 15 is 0 Å². The highest BCUT2D eigenvalue weighted by Gasteiger charge is 2.26. The van der Waals surface area contributed by atoms with Gasteiger partial charge in [0.1, 0.15) is 29.7 Å². The van der Waals surface area contributed by atoms with E-state index in [0.29, 0.717) is 55.9 Å². The molecule has 2 aliphatic heterocycles. The van der Waals surface area contributed by atoms with Crippen molar-refractivity contribution in [1.29, 1.82) is 10.5 Å². The van der Waals surface area contributed by atoms with E-state index in [1.807, 2.05) is 18.2 Å². The van der Waals surface area contributed by atoms with Gasteiger partial charge in [-0.05, 0) is 18.1 Å². The van der Waals surface area contributed by atoms with Crippen molar-refractivity contribution in [2.75, 3.05) is 38.7 Å². The molecule has 4 heterocycles. The fourth-order valence-corrected chi connectivity index (χ4v) is 3.93. The van der Waals surface area contributed by atoms with Crippen molar-refractivity contribution in [1.82, 2.24) is 14.9 Å². The van der Waals surface area contributed by atoms with Crippen molar-refractivity contribution < 1.29 is 14.2 Å². The maximum atomic E-state index is 9.52. The van der Waals surface area contributed by atoms with E-state index < -0.39 is 0 Å². The van der Waals surface area contributed by atoms with E-state index in [1.54, 1.807) is 7.11 Å². The van der Waals surface area contributed by atoms with Gasteiger partial charge in [0.25, 0.3) is 0 Å². The molecule has 4 rings (SSSR count). The van der Waals surface area contributed by atoms with Crippen LogP contribution in [0.3, 0.4) is 0 Å². The summed E-state index contributed by atoms with van der Waals surface area (Å²) in [6, 6.07) is 8.00. The Morgan fingerprint density at radius 3 is 2.81 bits per heavy atom. The van der Waals surface area contributed by atoms with E-state index in [-0.39, 0.29) is 17.8 Å². The lowest BCUT2D eigenvalue weighted by Gasteiger charge is -2.31. The lowest BCUT2D eigenvalue weighted by atomic mass is 9.96. The van der Waals surface area contributed by atoms with Gasteiger partial charge in [-0.2, -0.15) is 15.5 Å². The number of ether oxygens (including phenoxy) is 3. The van der Waals surface area contributed by atoms with Crippen LogP contribution in [0.2, 0.25) is 5.15 Å². The molecule has 1 N–H and O–H groups in total. The molecule has 0 spiro atoms. The Hall–Kier alpha value is -3.11. The molecule has 2 aromatic rings. The molecule has 2 aliphatic rings. The Morgan fingerprint density at radius 1 is 1.29 bits per heavy atom. The van der Waals surface area contributed by atoms with Crippen LogP contribution < -0.4 is 14.8 Å². The molecule has 10 heteroatoms. The van der Waals surface area contributed by atoms with Crippen LogP contribution in [0.5, 0.6) is 11.8 Å². The zero-order valence-electron chi connectivity index (χ0n) is 17.0. The Kier molecular flexibility index (Phi) is 6.38. The number of nitrogens with zero attached hydrogens (tertiary/aromatic N) is 5. The van der Waals surface area contributed by atoms with Crippen molar-refractivity contribution in [2.45, 2.75) is 25.6 Å². The molecule has 2 aromatic heterocycles. The topological polar surface area (TPSA) is 116 Å². The van der Waals surface area contributed by atoms with Crippen molar-refractivity contribution in [3.63, 3.8) is 0 Å². The second kappa shape index (κ2) is 9.36. The van der Waals surface area contributed by atoms with Gasteiger partial charge in [0, 0.05) is 36.8 Å². The van der Waals surface area contributed by atoms with Gasteiger partial charge in [0.05, 0.1) is 32.0 Å². The highest BCUT2D eigenvalue weighted by molar-refractivity contribution is 6.30. The summed E-state index contributed by atoms with van der Waals surface area (Å²) >= 11 is 6.20. The molecule has 0 amide bonds. The second-order valence-corrected chi connectivity index (χ2v) is 7.62. The van der Waals surface area contributed by atoms with Crippen LogP contribution >= 0.6 is 11.6 Å². The largest absolute Gasteiger partial charge is 0.481 e. The SMILES string of the molecule is COc1nc(OC2COC2)ccc1CN1CCc2c(C#N)c(Cl)nc(NCC#N)c2C1. The summed E-state index contributed by atoms with van der Waals surface area (Å²) in [6.07, 6.45) is 0.690. The normalized spacial score (nSPS) is 15.9. The fraction of sp³-hybridized carbons (Fsp3) is 0.429. The number of hydrogen-bond donors (Lipinski definition) is 1. The molecule has 0 aliphatic carbocycles. The molecule has 1 saturated heterocycles. The maximum Gasteiger partial charge on any atom is 0.220 e. The lowest BCUT2D eigenvalue weighted by molar-refractivity contribution is -0.0814. The molecule has 0 saturated carbocycles. The number of methoxy groups -OCH3 is 1. The molecule has 0 atom stereocenters. The fourth-order valence-electron chi connectivity index (χ4n) is 3.69. The maximum absolute atomic E-state index is 9.52. The van der Waals surface area contributed by atoms with Crippen molar-refractivity contribution in [2.24, 2.45) is 0 Å². The van der Waals surface area contributed by atoms with Gasteiger partial charge in [-0.3, -0.25) is 4.90 Å². The van der Waals surface area contributed by atoms with E-state index in [1.165, 1.54) is 0 Å². The molecule has 0 radical (unpaired) electrons. The summed E-state index contributed by atoms with van der Waals surface area (Å²) < 4.78 is 16.4. The first-order valence-electron chi connectivity index (χ1n) is 9.85. The minimum atomic E-state index is 0.0367. The Balaban J connectivity index is 1.55. The van der Waals surface area contributed by atoms with E-state index in [4.69, 9.17) is 31.1 Å². The predicted octanol–water partition coefficient (Wildman–Crippen LogP) is 2.28. The van der Waals surface area contributed by atoms with Crippen LogP contribution in [-0.2, 0) is 24.2 Å². The number of nitrogens with one attached hydrogen (secondary N) is 1. The van der Waals surface area contributed by atoms with Gasteiger partial charge in [-0.25, -0.2) is 4.98 Å². The molecule has 31 heavy (non-hydrogen) atoms. The van der Waals surface area contributed by atoms with Crippen molar-refractivity contribution >= 4 is 17.4 Å². The third-order valence-corrected chi connectivity index (χ3v) is 5.54. The Labute approximate surface area is 185 Å². The third kappa shape index (κ3) is 4.49. The molecule has 9 nitrogen and oxygen atoms in total. The zero-order valence-corrected chi connectivity index (χ0v) is 17.8. The number of pyridine rings is 2. The monoisotopic (exact) mass is 440 g/mol. The zero-order chi connectivity index (χ0) is 21.8. The van der Waals surface area contributed by atoms with Crippen LogP contribution in [0.4, 0.5) is 5.82 Å². The third-order valence-electron chi connectivity index (χ3n) is 5.27. The first-order chi connectivity index (χ1) is 15.1. The standard InChI is InChI=1S/C21H21ClN6O3/c1-29-21-13(2-3-18(26-21)31-14-11-30-12-14)9-28-7-4-15-16(8-24)19(22)27-20(17(15)10-28)25-6-5-23/h2-3,14H,4,6-7,9-12H2,1H3,(H,25,27). The van der Waals surface area contributed by atoms with Crippen molar-refractivity contribution in [3.05, 3.63) is 39.5 Å². The molecule has 160 valence electrons. The quantitative estimate of drug-likeness (QED) is 0.511. The summed E-state index contributed by atoms with van der Waals surface area (Å²) in [5.74, 6) is 1.57. The summed E-state index contributed by atoms with van der Waals surface area (Å²) in [4.78, 5) is 11.0. The van der Waals surface area contributed by atoms with Crippen LogP contribution in [-0.4, -0.2) is 54.4 Å². The molecular weight excluding hydrogens is 420 g/mol. The van der Waals surface area contributed by atoms with Crippen LogP contribution in [0.25, 0.3) is 0 Å². The number of nitriles is 2. The van der Waals surface area contributed by atoms with E-state index in [2.05, 4.69) is 26.3 Å². The van der Waals surface area contributed by atoms with Gasteiger partial charge in [0.15, 0.2) is 0 Å². The van der Waals surface area contributed by atoms with Gasteiger partial charge in [-0.1, -0.05) is 11.6 Å². The summed E-state index contributed by atoms with van der Waals surface area (Å²) in [6.45, 7) is 3.15. The number of halogens is 1. The molecule has 0 bridgehead atoms. The summed E-state index contributed by atoms with van der Waals surface area (Å²) in [5, 5.41) is 21.6. The summed E-state index contributed by atoms with van der Waals surface area (Å²) in [7, 11) is 1.59. The van der Waals surface area contributed by atoms with Crippen LogP contribution in [0.1, 0.15) is 22.3 Å². The van der Waals surface area contributed by atoms with Gasteiger partial charge < -0.3 is 19.5 Å².